The highest BCUT2D eigenvalue weighted by atomic mass is 19.4. The molecule has 3 saturated heterocycles. The number of esters is 1. The van der Waals surface area contributed by atoms with Crippen molar-refractivity contribution in [1.82, 2.24) is 0 Å². The summed E-state index contributed by atoms with van der Waals surface area (Å²) in [4.78, 5) is 37.9. The minimum atomic E-state index is -4.59. The maximum atomic E-state index is 13.0. The summed E-state index contributed by atoms with van der Waals surface area (Å²) < 4.78 is 49.9. The van der Waals surface area contributed by atoms with Crippen LogP contribution in [0.4, 0.5) is 18.9 Å². The lowest BCUT2D eigenvalue weighted by atomic mass is 9.73. The van der Waals surface area contributed by atoms with E-state index in [9.17, 15) is 27.6 Å². The fourth-order valence-electron chi connectivity index (χ4n) is 4.40. The SMILES string of the molecule is CC(=O)OCC12CC[C@H](O1)[C@@H]1C(=O)N(c3cccc(C(F)(F)F)c3)C(=O)[C@@H]12. The fourth-order valence-corrected chi connectivity index (χ4v) is 4.40. The molecule has 4 rings (SSSR count). The van der Waals surface area contributed by atoms with E-state index >= 15 is 0 Å². The molecule has 0 aromatic heterocycles. The molecule has 3 aliphatic rings. The van der Waals surface area contributed by atoms with Crippen LogP contribution in [0.3, 0.4) is 0 Å². The molecule has 6 nitrogen and oxygen atoms in total. The largest absolute Gasteiger partial charge is 0.463 e. The zero-order chi connectivity index (χ0) is 19.6. The van der Waals surface area contributed by atoms with E-state index in [1.807, 2.05) is 0 Å². The number of rotatable bonds is 3. The second-order valence-corrected chi connectivity index (χ2v) is 7.10. The number of alkyl halides is 3. The number of imide groups is 1. The molecule has 0 radical (unpaired) electrons. The van der Waals surface area contributed by atoms with Gasteiger partial charge in [0, 0.05) is 6.92 Å². The third kappa shape index (κ3) is 2.63. The number of carbonyl (C=O) groups is 3. The molecule has 0 saturated carbocycles. The topological polar surface area (TPSA) is 72.9 Å². The number of anilines is 1. The molecule has 1 aromatic rings. The predicted octanol–water partition coefficient (Wildman–Crippen LogP) is 2.31. The Morgan fingerprint density at radius 3 is 2.74 bits per heavy atom. The van der Waals surface area contributed by atoms with Crippen LogP contribution in [0, 0.1) is 11.8 Å². The molecule has 9 heteroatoms. The molecule has 0 spiro atoms. The molecule has 144 valence electrons. The lowest BCUT2D eigenvalue weighted by Crippen LogP contribution is -2.45. The lowest BCUT2D eigenvalue weighted by Gasteiger charge is -2.30. The van der Waals surface area contributed by atoms with Gasteiger partial charge in [0.1, 0.15) is 12.2 Å². The summed E-state index contributed by atoms with van der Waals surface area (Å²) in [6.45, 7) is 1.07. The second-order valence-electron chi connectivity index (χ2n) is 7.10. The van der Waals surface area contributed by atoms with Crippen LogP contribution in [-0.2, 0) is 30.0 Å². The van der Waals surface area contributed by atoms with E-state index < -0.39 is 53.1 Å². The Morgan fingerprint density at radius 2 is 2.07 bits per heavy atom. The normalized spacial score (nSPS) is 32.1. The van der Waals surface area contributed by atoms with Gasteiger partial charge in [-0.15, -0.1) is 0 Å². The molecule has 0 aliphatic carbocycles. The molecule has 3 fully saturated rings. The van der Waals surface area contributed by atoms with Crippen molar-refractivity contribution < 1.29 is 37.0 Å². The number of nitrogens with zero attached hydrogens (tertiary/aromatic N) is 1. The van der Waals surface area contributed by atoms with Crippen molar-refractivity contribution in [1.29, 1.82) is 0 Å². The Kier molecular flexibility index (Phi) is 3.85. The number of halogens is 3. The molecule has 3 heterocycles. The summed E-state index contributed by atoms with van der Waals surface area (Å²) in [5, 5.41) is 0. The van der Waals surface area contributed by atoms with Crippen molar-refractivity contribution in [2.45, 2.75) is 37.6 Å². The monoisotopic (exact) mass is 383 g/mol. The van der Waals surface area contributed by atoms with E-state index in [2.05, 4.69) is 0 Å². The first-order valence-corrected chi connectivity index (χ1v) is 8.50. The molecule has 4 atom stereocenters. The van der Waals surface area contributed by atoms with Crippen LogP contribution in [-0.4, -0.2) is 36.1 Å². The average molecular weight is 383 g/mol. The third-order valence-corrected chi connectivity index (χ3v) is 5.51. The molecule has 2 bridgehead atoms. The Balaban J connectivity index is 1.68. The summed E-state index contributed by atoms with van der Waals surface area (Å²) >= 11 is 0. The van der Waals surface area contributed by atoms with Gasteiger partial charge in [-0.05, 0) is 31.0 Å². The minimum absolute atomic E-state index is 0.115. The Labute approximate surface area is 152 Å². The second kappa shape index (κ2) is 5.79. The molecule has 1 aromatic carbocycles. The van der Waals surface area contributed by atoms with Gasteiger partial charge in [0.25, 0.3) is 0 Å². The standard InChI is InChI=1S/C18H16F3NO5/c1-9(23)26-8-17-6-5-12(27-17)13-14(17)16(25)22(15(13)24)11-4-2-3-10(7-11)18(19,20)21/h2-4,7,12-14H,5-6,8H2,1H3/t12-,13-,14+,17?/m0/s1. The zero-order valence-electron chi connectivity index (χ0n) is 14.3. The Bertz CT molecular complexity index is 839. The highest BCUT2D eigenvalue weighted by molar-refractivity contribution is 6.23. The van der Waals surface area contributed by atoms with Gasteiger partial charge in [-0.3, -0.25) is 14.4 Å². The summed E-state index contributed by atoms with van der Waals surface area (Å²) in [5.41, 5.74) is -2.15. The van der Waals surface area contributed by atoms with Crippen molar-refractivity contribution in [2.24, 2.45) is 11.8 Å². The van der Waals surface area contributed by atoms with Crippen LogP contribution >= 0.6 is 0 Å². The van der Waals surface area contributed by atoms with Crippen LogP contribution in [0.5, 0.6) is 0 Å². The zero-order valence-corrected chi connectivity index (χ0v) is 14.3. The van der Waals surface area contributed by atoms with Gasteiger partial charge in [0.15, 0.2) is 0 Å². The molecular formula is C18H16F3NO5. The summed E-state index contributed by atoms with van der Waals surface area (Å²) in [7, 11) is 0. The molecule has 1 unspecified atom stereocenters. The smallest absolute Gasteiger partial charge is 0.416 e. The maximum Gasteiger partial charge on any atom is 0.416 e. The van der Waals surface area contributed by atoms with Gasteiger partial charge < -0.3 is 9.47 Å². The summed E-state index contributed by atoms with van der Waals surface area (Å²) in [5.74, 6) is -3.35. The third-order valence-electron chi connectivity index (χ3n) is 5.51. The number of ether oxygens (including phenoxy) is 2. The van der Waals surface area contributed by atoms with E-state index in [0.717, 1.165) is 23.1 Å². The van der Waals surface area contributed by atoms with Gasteiger partial charge in [-0.1, -0.05) is 6.07 Å². The van der Waals surface area contributed by atoms with Crippen molar-refractivity contribution in [3.8, 4) is 0 Å². The van der Waals surface area contributed by atoms with Crippen LogP contribution in [0.2, 0.25) is 0 Å². The Morgan fingerprint density at radius 1 is 1.33 bits per heavy atom. The van der Waals surface area contributed by atoms with Gasteiger partial charge >= 0.3 is 12.1 Å². The first kappa shape index (κ1) is 18.0. The lowest BCUT2D eigenvalue weighted by molar-refractivity contribution is -0.153. The molecular weight excluding hydrogens is 367 g/mol. The summed E-state index contributed by atoms with van der Waals surface area (Å²) in [6, 6.07) is 4.13. The van der Waals surface area contributed by atoms with E-state index in [-0.39, 0.29) is 12.3 Å². The predicted molar refractivity (Wildman–Crippen MR) is 84.4 cm³/mol. The highest BCUT2D eigenvalue weighted by Gasteiger charge is 2.70. The number of fused-ring (bicyclic) bond motifs is 5. The van der Waals surface area contributed by atoms with Crippen LogP contribution in [0.15, 0.2) is 24.3 Å². The van der Waals surface area contributed by atoms with Crippen LogP contribution in [0.25, 0.3) is 0 Å². The van der Waals surface area contributed by atoms with E-state index in [4.69, 9.17) is 9.47 Å². The fraction of sp³-hybridized carbons (Fsp3) is 0.500. The number of hydrogen-bond donors (Lipinski definition) is 0. The Hall–Kier alpha value is -2.42. The number of hydrogen-bond acceptors (Lipinski definition) is 5. The number of amides is 2. The average Bonchev–Trinajstić information content (AvgIpc) is 3.23. The first-order chi connectivity index (χ1) is 12.6. The van der Waals surface area contributed by atoms with Gasteiger partial charge in [0.05, 0.1) is 29.2 Å². The molecule has 27 heavy (non-hydrogen) atoms. The summed E-state index contributed by atoms with van der Waals surface area (Å²) in [6.07, 6.45) is -4.12. The van der Waals surface area contributed by atoms with Gasteiger partial charge in [-0.2, -0.15) is 13.2 Å². The number of carbonyl (C=O) groups excluding carboxylic acids is 3. The van der Waals surface area contributed by atoms with Gasteiger partial charge in [-0.25, -0.2) is 4.90 Å². The van der Waals surface area contributed by atoms with E-state index in [1.165, 1.54) is 13.0 Å². The number of benzene rings is 1. The van der Waals surface area contributed by atoms with Crippen molar-refractivity contribution >= 4 is 23.5 Å². The molecule has 0 N–H and O–H groups in total. The van der Waals surface area contributed by atoms with E-state index in [1.54, 1.807) is 0 Å². The first-order valence-electron chi connectivity index (χ1n) is 8.50. The maximum absolute atomic E-state index is 13.0. The quantitative estimate of drug-likeness (QED) is 0.592. The van der Waals surface area contributed by atoms with Crippen LogP contribution in [0.1, 0.15) is 25.3 Å². The molecule has 2 amide bonds. The van der Waals surface area contributed by atoms with Crippen molar-refractivity contribution in [3.63, 3.8) is 0 Å². The van der Waals surface area contributed by atoms with Crippen LogP contribution < -0.4 is 4.90 Å². The van der Waals surface area contributed by atoms with Gasteiger partial charge in [0.2, 0.25) is 11.8 Å². The highest BCUT2D eigenvalue weighted by Crippen LogP contribution is 2.56. The van der Waals surface area contributed by atoms with Crippen molar-refractivity contribution in [2.75, 3.05) is 11.5 Å². The minimum Gasteiger partial charge on any atom is -0.463 e. The molecule has 3 aliphatic heterocycles. The van der Waals surface area contributed by atoms with E-state index in [0.29, 0.717) is 12.8 Å². The van der Waals surface area contributed by atoms with Crippen molar-refractivity contribution in [3.05, 3.63) is 29.8 Å².